The Labute approximate surface area is 144 Å². The molecule has 0 bridgehead atoms. The molecule has 1 heterocycles. The van der Waals surface area contributed by atoms with Crippen LogP contribution in [-0.4, -0.2) is 11.8 Å². The van der Waals surface area contributed by atoms with Crippen molar-refractivity contribution in [1.82, 2.24) is 5.16 Å². The summed E-state index contributed by atoms with van der Waals surface area (Å²) in [7, 11) is 0. The molecule has 0 radical (unpaired) electrons. The minimum atomic E-state index is -4.38. The average Bonchev–Trinajstić information content (AvgIpc) is 3.33. The quantitative estimate of drug-likeness (QED) is 0.647. The van der Waals surface area contributed by atoms with Crippen LogP contribution in [0, 0.1) is 6.92 Å². The van der Waals surface area contributed by atoms with Gasteiger partial charge < -0.3 is 9.26 Å². The Morgan fingerprint density at radius 3 is 2.72 bits per heavy atom. The molecule has 1 saturated carbocycles. The van der Waals surface area contributed by atoms with Crippen LogP contribution in [0.1, 0.15) is 59.4 Å². The Morgan fingerprint density at radius 2 is 2.08 bits per heavy atom. The Morgan fingerprint density at radius 1 is 1.32 bits per heavy atom. The molecular weight excluding hydrogens is 331 g/mol. The van der Waals surface area contributed by atoms with Crippen LogP contribution in [0.15, 0.2) is 29.0 Å². The van der Waals surface area contributed by atoms with Crippen molar-refractivity contribution < 1.29 is 22.4 Å². The number of aryl methyl sites for hydroxylation is 1. The first kappa shape index (κ1) is 17.6. The summed E-state index contributed by atoms with van der Waals surface area (Å²) in [5.74, 6) is 1.17. The largest absolute Gasteiger partial charge is 0.501 e. The average molecular weight is 351 g/mol. The summed E-state index contributed by atoms with van der Waals surface area (Å²) in [5.41, 5.74) is 2.26. The van der Waals surface area contributed by atoms with Gasteiger partial charge >= 0.3 is 6.18 Å². The maximum atomic E-state index is 13.1. The zero-order valence-corrected chi connectivity index (χ0v) is 14.2. The Hall–Kier alpha value is -2.24. The van der Waals surface area contributed by atoms with Crippen LogP contribution in [-0.2, 0) is 17.3 Å². The van der Waals surface area contributed by atoms with Gasteiger partial charge in [0.25, 0.3) is 0 Å². The Kier molecular flexibility index (Phi) is 4.88. The number of benzene rings is 1. The first-order chi connectivity index (χ1) is 11.9. The van der Waals surface area contributed by atoms with Gasteiger partial charge in [0.05, 0.1) is 24.1 Å². The molecule has 1 aromatic heterocycles. The third-order valence-corrected chi connectivity index (χ3v) is 4.31. The highest BCUT2D eigenvalue weighted by Gasteiger charge is 2.33. The third-order valence-electron chi connectivity index (χ3n) is 4.31. The van der Waals surface area contributed by atoms with Crippen molar-refractivity contribution in [2.75, 3.05) is 6.61 Å². The van der Waals surface area contributed by atoms with Gasteiger partial charge in [0.15, 0.2) is 0 Å². The highest BCUT2D eigenvalue weighted by molar-refractivity contribution is 5.56. The molecule has 3 rings (SSSR count). The van der Waals surface area contributed by atoms with E-state index in [0.717, 1.165) is 35.9 Å². The zero-order chi connectivity index (χ0) is 18.0. The van der Waals surface area contributed by atoms with Gasteiger partial charge in [-0.3, -0.25) is 0 Å². The molecule has 0 saturated heterocycles. The molecule has 6 heteroatoms. The smallest absolute Gasteiger partial charge is 0.416 e. The van der Waals surface area contributed by atoms with E-state index >= 15 is 0 Å². The van der Waals surface area contributed by atoms with Crippen LogP contribution in [0.3, 0.4) is 0 Å². The number of alkyl halides is 3. The number of ether oxygens (including phenoxy) is 1. The first-order valence-electron chi connectivity index (χ1n) is 8.33. The van der Waals surface area contributed by atoms with Gasteiger partial charge in [-0.1, -0.05) is 11.2 Å². The lowest BCUT2D eigenvalue weighted by molar-refractivity contribution is -0.137. The number of halogens is 3. The van der Waals surface area contributed by atoms with Gasteiger partial charge in [0, 0.05) is 17.9 Å². The lowest BCUT2D eigenvalue weighted by Crippen LogP contribution is -2.07. The number of aromatic nitrogens is 1. The van der Waals surface area contributed by atoms with E-state index in [1.165, 1.54) is 18.4 Å². The molecule has 0 N–H and O–H groups in total. The van der Waals surface area contributed by atoms with E-state index in [0.29, 0.717) is 30.1 Å². The van der Waals surface area contributed by atoms with Crippen molar-refractivity contribution >= 4 is 6.08 Å². The highest BCUT2D eigenvalue weighted by Crippen LogP contribution is 2.43. The molecule has 25 heavy (non-hydrogen) atoms. The summed E-state index contributed by atoms with van der Waals surface area (Å²) in [6, 6.07) is 3.78. The molecule has 1 aromatic carbocycles. The normalized spacial score (nSPS) is 15.1. The fourth-order valence-electron chi connectivity index (χ4n) is 2.79. The number of nitrogens with zero attached hydrogens (tertiary/aromatic N) is 1. The summed E-state index contributed by atoms with van der Waals surface area (Å²) in [5, 5.41) is 4.01. The molecule has 1 aliphatic carbocycles. The molecule has 0 aliphatic heterocycles. The third kappa shape index (κ3) is 4.06. The fraction of sp³-hybridized carbons (Fsp3) is 0.421. The van der Waals surface area contributed by atoms with E-state index in [1.807, 2.05) is 13.8 Å². The second kappa shape index (κ2) is 6.94. The fourth-order valence-corrected chi connectivity index (χ4v) is 2.79. The molecule has 1 fully saturated rings. The van der Waals surface area contributed by atoms with Crippen LogP contribution in [0.5, 0.6) is 0 Å². The van der Waals surface area contributed by atoms with E-state index in [4.69, 9.17) is 9.26 Å². The van der Waals surface area contributed by atoms with Crippen molar-refractivity contribution in [2.45, 2.75) is 45.2 Å². The van der Waals surface area contributed by atoms with Crippen LogP contribution >= 0.6 is 0 Å². The van der Waals surface area contributed by atoms with Crippen molar-refractivity contribution in [3.05, 3.63) is 58.2 Å². The van der Waals surface area contributed by atoms with Crippen molar-refractivity contribution in [2.24, 2.45) is 0 Å². The van der Waals surface area contributed by atoms with Crippen molar-refractivity contribution in [1.29, 1.82) is 0 Å². The summed E-state index contributed by atoms with van der Waals surface area (Å²) >= 11 is 0. The molecular formula is C19H20F3NO2. The van der Waals surface area contributed by atoms with Gasteiger partial charge in [-0.15, -0.1) is 0 Å². The Balaban J connectivity index is 1.98. The standard InChI is InChI=1S/C19H20F3NO2/c1-3-24-9-8-13-6-7-16(19(20,21)22)10-15(13)11-17-12(2)23-25-18(17)14-4-5-14/h6-10,14H,3-5,11H2,1-2H3/b9-8-. The predicted octanol–water partition coefficient (Wildman–Crippen LogP) is 5.48. The van der Waals surface area contributed by atoms with Gasteiger partial charge in [-0.05, 0) is 56.0 Å². The summed E-state index contributed by atoms with van der Waals surface area (Å²) in [6.07, 6.45) is 1.27. The van der Waals surface area contributed by atoms with Crippen molar-refractivity contribution in [3.8, 4) is 0 Å². The predicted molar refractivity (Wildman–Crippen MR) is 88.1 cm³/mol. The summed E-state index contributed by atoms with van der Waals surface area (Å²) < 4.78 is 49.9. The molecule has 3 nitrogen and oxygen atoms in total. The molecule has 0 amide bonds. The minimum absolute atomic E-state index is 0.351. The molecule has 134 valence electrons. The van der Waals surface area contributed by atoms with Crippen LogP contribution in [0.25, 0.3) is 6.08 Å². The number of hydrogen-bond donors (Lipinski definition) is 0. The zero-order valence-electron chi connectivity index (χ0n) is 14.2. The lowest BCUT2D eigenvalue weighted by Gasteiger charge is -2.12. The van der Waals surface area contributed by atoms with E-state index < -0.39 is 11.7 Å². The SMILES string of the molecule is CCO/C=C\c1ccc(C(F)(F)F)cc1Cc1c(C)noc1C1CC1. The van der Waals surface area contributed by atoms with Gasteiger partial charge in [-0.25, -0.2) is 0 Å². The van der Waals surface area contributed by atoms with E-state index in [9.17, 15) is 13.2 Å². The van der Waals surface area contributed by atoms with E-state index in [-0.39, 0.29) is 0 Å². The maximum Gasteiger partial charge on any atom is 0.416 e. The molecule has 0 spiro atoms. The first-order valence-corrected chi connectivity index (χ1v) is 8.33. The molecule has 0 unspecified atom stereocenters. The molecule has 1 aliphatic rings. The number of rotatable bonds is 6. The van der Waals surface area contributed by atoms with E-state index in [2.05, 4.69) is 5.16 Å². The maximum absolute atomic E-state index is 13.1. The van der Waals surface area contributed by atoms with Gasteiger partial charge in [0.2, 0.25) is 0 Å². The summed E-state index contributed by atoms with van der Waals surface area (Å²) in [4.78, 5) is 0. The van der Waals surface area contributed by atoms with Crippen LogP contribution in [0.2, 0.25) is 0 Å². The van der Waals surface area contributed by atoms with Crippen LogP contribution < -0.4 is 0 Å². The molecule has 2 aromatic rings. The van der Waals surface area contributed by atoms with Gasteiger partial charge in [-0.2, -0.15) is 13.2 Å². The highest BCUT2D eigenvalue weighted by atomic mass is 19.4. The molecule has 0 atom stereocenters. The second-order valence-corrected chi connectivity index (χ2v) is 6.23. The van der Waals surface area contributed by atoms with Crippen molar-refractivity contribution in [3.63, 3.8) is 0 Å². The van der Waals surface area contributed by atoms with Gasteiger partial charge in [0.1, 0.15) is 5.76 Å². The minimum Gasteiger partial charge on any atom is -0.501 e. The number of hydrogen-bond acceptors (Lipinski definition) is 3. The summed E-state index contributed by atoms with van der Waals surface area (Å²) in [6.45, 7) is 4.18. The second-order valence-electron chi connectivity index (χ2n) is 6.23. The Bertz CT molecular complexity index is 773. The topological polar surface area (TPSA) is 35.3 Å². The van der Waals surface area contributed by atoms with Crippen LogP contribution in [0.4, 0.5) is 13.2 Å². The van der Waals surface area contributed by atoms with E-state index in [1.54, 1.807) is 6.08 Å². The monoisotopic (exact) mass is 351 g/mol. The lowest BCUT2D eigenvalue weighted by atomic mass is 9.95.